The van der Waals surface area contributed by atoms with Crippen LogP contribution < -0.4 is 9.47 Å². The predicted octanol–water partition coefficient (Wildman–Crippen LogP) is 4.95. The minimum Gasteiger partial charge on any atom is -0.497 e. The summed E-state index contributed by atoms with van der Waals surface area (Å²) in [4.78, 5) is 25.0. The number of para-hydroxylation sites is 1. The molecular formula is C27H20N2O5. The molecule has 168 valence electrons. The number of fused-ring (bicyclic) bond motifs is 1. The molecule has 0 N–H and O–H groups in total. The molecule has 0 amide bonds. The van der Waals surface area contributed by atoms with Gasteiger partial charge in [-0.1, -0.05) is 18.2 Å². The minimum atomic E-state index is -0.515. The van der Waals surface area contributed by atoms with Crippen molar-refractivity contribution in [2.75, 3.05) is 14.2 Å². The zero-order valence-corrected chi connectivity index (χ0v) is 18.5. The number of ether oxygens (including phenoxy) is 3. The first-order chi connectivity index (χ1) is 16.6. The number of hydrogen-bond donors (Lipinski definition) is 0. The number of rotatable bonds is 5. The van der Waals surface area contributed by atoms with Gasteiger partial charge in [0.2, 0.25) is 5.78 Å². The Morgan fingerprint density at radius 2 is 1.76 bits per heavy atom. The molecule has 0 bridgehead atoms. The van der Waals surface area contributed by atoms with E-state index in [2.05, 4.69) is 0 Å². The van der Waals surface area contributed by atoms with Gasteiger partial charge in [0.05, 0.1) is 31.0 Å². The number of esters is 1. The molecule has 2 heterocycles. The van der Waals surface area contributed by atoms with E-state index >= 15 is 0 Å². The molecular weight excluding hydrogens is 432 g/mol. The smallest absolute Gasteiger partial charge is 0.337 e. The molecule has 0 saturated heterocycles. The Balaban J connectivity index is 1.57. The van der Waals surface area contributed by atoms with Gasteiger partial charge in [-0.3, -0.25) is 4.79 Å². The lowest BCUT2D eigenvalue weighted by molar-refractivity contribution is 0.0600. The number of Topliss-reactive ketones (excluding diaryl/α,β-unsaturated/α-hetero) is 1. The minimum absolute atomic E-state index is 0.152. The maximum Gasteiger partial charge on any atom is 0.337 e. The number of hydrogen-bond acceptors (Lipinski definition) is 6. The first kappa shape index (κ1) is 21.2. The van der Waals surface area contributed by atoms with E-state index in [1.807, 2.05) is 60.8 Å². The van der Waals surface area contributed by atoms with Crippen LogP contribution in [0.15, 0.2) is 84.8 Å². The lowest BCUT2D eigenvalue weighted by Gasteiger charge is -2.03. The predicted molar refractivity (Wildman–Crippen MR) is 126 cm³/mol. The van der Waals surface area contributed by atoms with Gasteiger partial charge in [0.1, 0.15) is 17.2 Å². The molecule has 5 rings (SSSR count). The van der Waals surface area contributed by atoms with Gasteiger partial charge in [0.25, 0.3) is 0 Å². The van der Waals surface area contributed by atoms with Crippen LogP contribution in [0.5, 0.6) is 11.5 Å². The average Bonchev–Trinajstić information content (AvgIpc) is 3.45. The molecule has 0 spiro atoms. The Hall–Kier alpha value is -4.65. The zero-order chi connectivity index (χ0) is 23.7. The molecule has 7 nitrogen and oxygen atoms in total. The fourth-order valence-corrected chi connectivity index (χ4v) is 3.75. The second-order valence-electron chi connectivity index (χ2n) is 7.58. The van der Waals surface area contributed by atoms with Crippen LogP contribution in [0.3, 0.4) is 0 Å². The second-order valence-corrected chi connectivity index (χ2v) is 7.58. The molecule has 3 aromatic carbocycles. The summed E-state index contributed by atoms with van der Waals surface area (Å²) in [6, 6.07) is 21.9. The SMILES string of the molecule is COC(=O)c1ccc2c(c1)C(=O)C(=Cc1cn(-c3ccccc3)nc1-c1ccc(OC)cc1)O2. The highest BCUT2D eigenvalue weighted by atomic mass is 16.5. The van der Waals surface area contributed by atoms with Gasteiger partial charge in [0.15, 0.2) is 5.76 Å². The van der Waals surface area contributed by atoms with Crippen molar-refractivity contribution >= 4 is 17.8 Å². The van der Waals surface area contributed by atoms with E-state index in [0.29, 0.717) is 22.6 Å². The molecule has 1 aliphatic heterocycles. The molecule has 0 unspecified atom stereocenters. The van der Waals surface area contributed by atoms with Gasteiger partial charge in [-0.15, -0.1) is 0 Å². The van der Waals surface area contributed by atoms with Crippen LogP contribution >= 0.6 is 0 Å². The lowest BCUT2D eigenvalue weighted by atomic mass is 10.0. The second kappa shape index (κ2) is 8.71. The van der Waals surface area contributed by atoms with Gasteiger partial charge < -0.3 is 14.2 Å². The van der Waals surface area contributed by atoms with Gasteiger partial charge in [0, 0.05) is 17.3 Å². The average molecular weight is 452 g/mol. The van der Waals surface area contributed by atoms with Crippen molar-refractivity contribution in [2.45, 2.75) is 0 Å². The van der Waals surface area contributed by atoms with E-state index in [1.54, 1.807) is 30.0 Å². The maximum atomic E-state index is 13.1. The van der Waals surface area contributed by atoms with Crippen LogP contribution in [0, 0.1) is 0 Å². The first-order valence-electron chi connectivity index (χ1n) is 10.5. The highest BCUT2D eigenvalue weighted by Gasteiger charge is 2.29. The topological polar surface area (TPSA) is 79.7 Å². The lowest BCUT2D eigenvalue weighted by Crippen LogP contribution is -2.03. The molecule has 0 aliphatic carbocycles. The molecule has 0 radical (unpaired) electrons. The van der Waals surface area contributed by atoms with Crippen LogP contribution in [-0.4, -0.2) is 35.8 Å². The number of carbonyl (C=O) groups excluding carboxylic acids is 2. The Morgan fingerprint density at radius 3 is 2.47 bits per heavy atom. The molecule has 1 aromatic heterocycles. The number of allylic oxidation sites excluding steroid dienone is 1. The first-order valence-corrected chi connectivity index (χ1v) is 10.5. The third kappa shape index (κ3) is 3.84. The molecule has 34 heavy (non-hydrogen) atoms. The number of benzene rings is 3. The van der Waals surface area contributed by atoms with E-state index in [-0.39, 0.29) is 17.1 Å². The monoisotopic (exact) mass is 452 g/mol. The standard InChI is InChI=1S/C27H20N2O5/c1-32-21-11-8-17(9-12-21)25-19(16-29(28-25)20-6-4-3-5-7-20)15-24-26(30)22-14-18(27(31)33-2)10-13-23(22)34-24/h3-16H,1-2H3. The summed E-state index contributed by atoms with van der Waals surface area (Å²) >= 11 is 0. The van der Waals surface area contributed by atoms with Crippen LogP contribution in [0.2, 0.25) is 0 Å². The number of methoxy groups -OCH3 is 2. The van der Waals surface area contributed by atoms with Crippen LogP contribution in [0.4, 0.5) is 0 Å². The number of aromatic nitrogens is 2. The summed E-state index contributed by atoms with van der Waals surface area (Å²) in [6.07, 6.45) is 3.52. The van der Waals surface area contributed by atoms with Gasteiger partial charge in [-0.2, -0.15) is 5.10 Å². The molecule has 0 saturated carbocycles. The van der Waals surface area contributed by atoms with E-state index in [4.69, 9.17) is 19.3 Å². The van der Waals surface area contributed by atoms with Gasteiger partial charge in [-0.25, -0.2) is 9.48 Å². The van der Waals surface area contributed by atoms with Crippen molar-refractivity contribution in [1.82, 2.24) is 9.78 Å². The largest absolute Gasteiger partial charge is 0.497 e. The summed E-state index contributed by atoms with van der Waals surface area (Å²) in [7, 11) is 2.91. The maximum absolute atomic E-state index is 13.1. The Morgan fingerprint density at radius 1 is 1.00 bits per heavy atom. The van der Waals surface area contributed by atoms with Crippen LogP contribution in [0.1, 0.15) is 26.3 Å². The summed E-state index contributed by atoms with van der Waals surface area (Å²) in [5.74, 6) is 0.454. The summed E-state index contributed by atoms with van der Waals surface area (Å²) in [5.41, 5.74) is 3.73. The fraction of sp³-hybridized carbons (Fsp3) is 0.0741. The third-order valence-electron chi connectivity index (χ3n) is 5.50. The van der Waals surface area contributed by atoms with E-state index < -0.39 is 5.97 Å². The summed E-state index contributed by atoms with van der Waals surface area (Å²) in [5, 5.41) is 4.77. The number of carbonyl (C=O) groups is 2. The van der Waals surface area contributed by atoms with E-state index in [0.717, 1.165) is 17.0 Å². The molecule has 4 aromatic rings. The van der Waals surface area contributed by atoms with Crippen molar-refractivity contribution in [3.63, 3.8) is 0 Å². The summed E-state index contributed by atoms with van der Waals surface area (Å²) in [6.45, 7) is 0. The Kier molecular flexibility index (Phi) is 5.43. The highest BCUT2D eigenvalue weighted by Crippen LogP contribution is 2.34. The van der Waals surface area contributed by atoms with Crippen molar-refractivity contribution in [2.24, 2.45) is 0 Å². The quantitative estimate of drug-likeness (QED) is 0.315. The van der Waals surface area contributed by atoms with E-state index in [1.165, 1.54) is 13.2 Å². The molecule has 0 atom stereocenters. The molecule has 7 heteroatoms. The normalized spacial score (nSPS) is 13.5. The Bertz CT molecular complexity index is 1420. The molecule has 1 aliphatic rings. The van der Waals surface area contributed by atoms with Crippen LogP contribution in [0.25, 0.3) is 23.0 Å². The van der Waals surface area contributed by atoms with Gasteiger partial charge in [-0.05, 0) is 60.7 Å². The number of ketones is 1. The molecule has 0 fully saturated rings. The van der Waals surface area contributed by atoms with Crippen LogP contribution in [-0.2, 0) is 4.74 Å². The highest BCUT2D eigenvalue weighted by molar-refractivity contribution is 6.15. The third-order valence-corrected chi connectivity index (χ3v) is 5.50. The number of nitrogens with zero attached hydrogens (tertiary/aromatic N) is 2. The van der Waals surface area contributed by atoms with E-state index in [9.17, 15) is 9.59 Å². The zero-order valence-electron chi connectivity index (χ0n) is 18.5. The van der Waals surface area contributed by atoms with Crippen molar-refractivity contribution in [1.29, 1.82) is 0 Å². The Labute approximate surface area is 195 Å². The van der Waals surface area contributed by atoms with Gasteiger partial charge >= 0.3 is 5.97 Å². The fourth-order valence-electron chi connectivity index (χ4n) is 3.75. The summed E-state index contributed by atoms with van der Waals surface area (Å²) < 4.78 is 17.6. The van der Waals surface area contributed by atoms with Crippen molar-refractivity contribution < 1.29 is 23.8 Å². The van der Waals surface area contributed by atoms with Crippen molar-refractivity contribution in [3.8, 4) is 28.4 Å². The van der Waals surface area contributed by atoms with Crippen molar-refractivity contribution in [3.05, 3.63) is 101 Å².